The van der Waals surface area contributed by atoms with Crippen LogP contribution in [-0.2, 0) is 53.8 Å². The number of rotatable bonds is 16. The fourth-order valence-electron chi connectivity index (χ4n) is 7.11. The number of hydrogen-bond acceptors (Lipinski definition) is 23. The predicted molar refractivity (Wildman–Crippen MR) is 200 cm³/mol. The van der Waals surface area contributed by atoms with Crippen LogP contribution in [0.2, 0.25) is 0 Å². The zero-order chi connectivity index (χ0) is 45.1. The molecule has 0 radical (unpaired) electrons. The van der Waals surface area contributed by atoms with E-state index >= 15 is 0 Å². The Bertz CT molecular complexity index is 1850. The van der Waals surface area contributed by atoms with Crippen LogP contribution in [-0.4, -0.2) is 209 Å². The summed E-state index contributed by atoms with van der Waals surface area (Å²) >= 11 is 0. The topological polar surface area (TPSA) is 363 Å². The number of aromatic hydroxyl groups is 4. The van der Waals surface area contributed by atoms with E-state index in [9.17, 15) is 71.2 Å². The molecule has 4 aliphatic rings. The predicted octanol–water partition coefficient (Wildman–Crippen LogP) is -4.09. The zero-order valence-corrected chi connectivity index (χ0v) is 33.0. The monoisotopic (exact) mass is 888 g/mol. The van der Waals surface area contributed by atoms with E-state index in [2.05, 4.69) is 0 Å². The lowest BCUT2D eigenvalue weighted by Gasteiger charge is -2.47. The van der Waals surface area contributed by atoms with Crippen molar-refractivity contribution in [1.82, 2.24) is 0 Å². The van der Waals surface area contributed by atoms with Crippen LogP contribution in [0, 0.1) is 0 Å². The van der Waals surface area contributed by atoms with Crippen LogP contribution in [0.25, 0.3) is 6.08 Å². The van der Waals surface area contributed by atoms with Gasteiger partial charge in [0.2, 0.25) is 0 Å². The second kappa shape index (κ2) is 19.9. The third-order valence-corrected chi connectivity index (χ3v) is 10.9. The molecule has 6 rings (SSSR count). The summed E-state index contributed by atoms with van der Waals surface area (Å²) in [6.45, 7) is -2.28. The van der Waals surface area contributed by atoms with E-state index in [1.54, 1.807) is 0 Å². The molecule has 0 unspecified atom stereocenters. The molecule has 4 saturated heterocycles. The van der Waals surface area contributed by atoms with Crippen LogP contribution in [0.15, 0.2) is 42.5 Å². The van der Waals surface area contributed by atoms with Crippen molar-refractivity contribution in [3.63, 3.8) is 0 Å². The summed E-state index contributed by atoms with van der Waals surface area (Å²) in [6, 6.07) is 7.72. The number of carbonyl (C=O) groups excluding carboxylic acids is 1. The molecule has 0 saturated carbocycles. The van der Waals surface area contributed by atoms with Crippen LogP contribution in [0.3, 0.4) is 0 Å². The van der Waals surface area contributed by atoms with Gasteiger partial charge in [0.05, 0.1) is 45.7 Å². The Morgan fingerprint density at radius 2 is 1.32 bits per heavy atom. The second-order valence-corrected chi connectivity index (χ2v) is 15.5. The highest BCUT2D eigenvalue weighted by Gasteiger charge is 2.56. The van der Waals surface area contributed by atoms with E-state index in [-0.39, 0.29) is 24.3 Å². The lowest BCUT2D eigenvalue weighted by atomic mass is 9.96. The van der Waals surface area contributed by atoms with Gasteiger partial charge in [0.25, 0.3) is 0 Å². The van der Waals surface area contributed by atoms with Gasteiger partial charge in [0.1, 0.15) is 60.0 Å². The molecule has 346 valence electrons. The highest BCUT2D eigenvalue weighted by atomic mass is 16.8. The first-order valence-electron chi connectivity index (χ1n) is 19.4. The summed E-state index contributed by atoms with van der Waals surface area (Å²) in [5.74, 6) is -2.77. The van der Waals surface area contributed by atoms with Gasteiger partial charge in [0, 0.05) is 6.08 Å². The molecule has 0 spiro atoms. The van der Waals surface area contributed by atoms with Gasteiger partial charge in [-0.3, -0.25) is 0 Å². The third kappa shape index (κ3) is 10.4. The van der Waals surface area contributed by atoms with E-state index in [0.717, 1.165) is 12.1 Å². The van der Waals surface area contributed by atoms with Crippen LogP contribution in [0.5, 0.6) is 23.0 Å². The second-order valence-electron chi connectivity index (χ2n) is 15.5. The van der Waals surface area contributed by atoms with Crippen molar-refractivity contribution >= 4 is 12.0 Å². The molecule has 16 atom stereocenters. The van der Waals surface area contributed by atoms with E-state index < -0.39 is 154 Å². The minimum Gasteiger partial charge on any atom is -0.504 e. The van der Waals surface area contributed by atoms with Gasteiger partial charge in [-0.1, -0.05) is 12.1 Å². The molecular formula is C39H52O23. The first-order chi connectivity index (χ1) is 29.4. The Balaban J connectivity index is 1.26. The maximum absolute atomic E-state index is 13.4. The third-order valence-electron chi connectivity index (χ3n) is 10.9. The number of carbonyl (C=O) groups is 1. The van der Waals surface area contributed by atoms with Crippen molar-refractivity contribution in [2.45, 2.75) is 111 Å². The molecular weight excluding hydrogens is 836 g/mol. The fraction of sp³-hybridized carbons (Fsp3) is 0.615. The number of aliphatic hydroxyl groups is 9. The van der Waals surface area contributed by atoms with Gasteiger partial charge < -0.3 is 109 Å². The summed E-state index contributed by atoms with van der Waals surface area (Å²) in [4.78, 5) is 13.4. The van der Waals surface area contributed by atoms with Crippen molar-refractivity contribution in [3.8, 4) is 23.0 Å². The van der Waals surface area contributed by atoms with Crippen molar-refractivity contribution in [1.29, 1.82) is 0 Å². The molecule has 0 amide bonds. The molecule has 2 aromatic carbocycles. The minimum absolute atomic E-state index is 0.0929. The van der Waals surface area contributed by atoms with Crippen molar-refractivity contribution in [2.75, 3.05) is 39.6 Å². The van der Waals surface area contributed by atoms with Gasteiger partial charge in [-0.2, -0.15) is 0 Å². The molecule has 4 aliphatic heterocycles. The van der Waals surface area contributed by atoms with Gasteiger partial charge in [0.15, 0.2) is 54.3 Å². The molecule has 0 bridgehead atoms. The summed E-state index contributed by atoms with van der Waals surface area (Å²) in [6.07, 6.45) is -21.3. The van der Waals surface area contributed by atoms with Crippen molar-refractivity contribution in [3.05, 3.63) is 53.6 Å². The Labute approximate surface area is 352 Å². The molecule has 23 nitrogen and oxygen atoms in total. The fourth-order valence-corrected chi connectivity index (χ4v) is 7.11. The molecule has 2 aromatic rings. The van der Waals surface area contributed by atoms with Gasteiger partial charge in [-0.05, 0) is 54.8 Å². The lowest BCUT2D eigenvalue weighted by Crippen LogP contribution is -2.65. The summed E-state index contributed by atoms with van der Waals surface area (Å²) in [5.41, 5.74) is -3.42. The van der Waals surface area contributed by atoms with Crippen LogP contribution in [0.1, 0.15) is 18.1 Å². The largest absolute Gasteiger partial charge is 0.504 e. The van der Waals surface area contributed by atoms with Crippen molar-refractivity contribution in [2.24, 2.45) is 0 Å². The number of esters is 1. The highest BCUT2D eigenvalue weighted by molar-refractivity contribution is 5.87. The van der Waals surface area contributed by atoms with Gasteiger partial charge in [-0.15, -0.1) is 0 Å². The first kappa shape index (κ1) is 47.6. The number of benzene rings is 2. The minimum atomic E-state index is -2.09. The maximum Gasteiger partial charge on any atom is 0.331 e. The summed E-state index contributed by atoms with van der Waals surface area (Å²) in [5, 5.41) is 135. The SMILES string of the molecule is C[C@H]1O[C@H](O[C@@H]2[C@@H](O)[C@H](OCCc3ccc(O)c(O)c3)O[C@H](CO[C@@H]3OC[C@](O)(CO)[C@H]3O)[C@H]2OC(=O)C=Cc2ccc(O)c(O)c2)[C@@H](O)[C@@H](O)[C@@H]1O[C@@H]1OC[C@](O)(CO)[C@H]1O. The van der Waals surface area contributed by atoms with E-state index in [1.165, 1.54) is 43.3 Å². The number of hydrogen-bond donors (Lipinski definition) is 13. The molecule has 62 heavy (non-hydrogen) atoms. The molecule has 23 heteroatoms. The van der Waals surface area contributed by atoms with E-state index in [0.29, 0.717) is 5.56 Å². The number of ether oxygens (including phenoxy) is 9. The molecule has 0 aliphatic carbocycles. The molecule has 4 heterocycles. The molecule has 13 N–H and O–H groups in total. The maximum atomic E-state index is 13.4. The number of aliphatic hydroxyl groups excluding tert-OH is 7. The standard InChI is InChI=1S/C39H52O23/c1-17-29(61-37-33(51)39(53,14-41)16-57-37)26(47)27(48)35(58-17)62-31-28(49)34(54-9-8-19-3-6-21(43)23(45)11-19)59-24(12-55-36-32(50)38(52,13-40)15-56-36)30(31)60-25(46)7-4-18-2-5-20(42)22(44)10-18/h2-7,10-11,17,24,26-37,40-45,47-53H,8-9,12-16H2,1H3/t17-,24-,26-,27+,28-,29-,30-,31-,32+,33+,34-,35-,36-,37+,38-,39-/m1/s1. The molecule has 0 aromatic heterocycles. The van der Waals surface area contributed by atoms with Crippen LogP contribution >= 0.6 is 0 Å². The van der Waals surface area contributed by atoms with Gasteiger partial charge >= 0.3 is 5.97 Å². The summed E-state index contributed by atoms with van der Waals surface area (Å²) < 4.78 is 51.7. The Kier molecular flexibility index (Phi) is 15.3. The normalized spacial score (nSPS) is 38.7. The van der Waals surface area contributed by atoms with Gasteiger partial charge in [-0.25, -0.2) is 4.79 Å². The average Bonchev–Trinajstić information content (AvgIpc) is 3.70. The number of phenols is 4. The first-order valence-corrected chi connectivity index (χ1v) is 19.4. The Morgan fingerprint density at radius 3 is 1.95 bits per heavy atom. The Morgan fingerprint density at radius 1 is 0.710 bits per heavy atom. The van der Waals surface area contributed by atoms with Crippen molar-refractivity contribution < 1.29 is 114 Å². The van der Waals surface area contributed by atoms with Crippen LogP contribution in [0.4, 0.5) is 0 Å². The van der Waals surface area contributed by atoms with Crippen LogP contribution < -0.4 is 0 Å². The lowest BCUT2D eigenvalue weighted by molar-refractivity contribution is -0.367. The average molecular weight is 889 g/mol. The molecule has 4 fully saturated rings. The quantitative estimate of drug-likeness (QED) is 0.0433. The summed E-state index contributed by atoms with van der Waals surface area (Å²) in [7, 11) is 0. The Hall–Kier alpha value is -3.83. The smallest absolute Gasteiger partial charge is 0.331 e. The zero-order valence-electron chi connectivity index (χ0n) is 33.0. The highest BCUT2D eigenvalue weighted by Crippen LogP contribution is 2.36. The van der Waals surface area contributed by atoms with E-state index in [1.807, 2.05) is 0 Å². The van der Waals surface area contributed by atoms with E-state index in [4.69, 9.17) is 42.6 Å². The number of phenolic OH excluding ortho intramolecular Hbond substituents is 4.